The maximum atomic E-state index is 13.6. The topological polar surface area (TPSA) is 61.8 Å². The summed E-state index contributed by atoms with van der Waals surface area (Å²) in [6.07, 6.45) is -0.0550. The fraction of sp³-hybridized carbons (Fsp3) is 0.588. The first-order valence-electron chi connectivity index (χ1n) is 8.19. The number of benzene rings is 1. The lowest BCUT2D eigenvalue weighted by Gasteiger charge is -2.24. The van der Waals surface area contributed by atoms with Crippen molar-refractivity contribution in [2.45, 2.75) is 39.4 Å². The van der Waals surface area contributed by atoms with Crippen molar-refractivity contribution >= 4 is 11.6 Å². The average molecular weight is 362 g/mol. The average Bonchev–Trinajstić information content (AvgIpc) is 2.53. The first kappa shape index (κ1) is 21.4. The summed E-state index contributed by atoms with van der Waals surface area (Å²) in [4.78, 5) is 13.7. The molecule has 0 saturated heterocycles. The van der Waals surface area contributed by atoms with Crippen molar-refractivity contribution < 1.29 is 27.8 Å². The Kier molecular flexibility index (Phi) is 8.88. The summed E-state index contributed by atoms with van der Waals surface area (Å²) < 4.78 is 45.0. The van der Waals surface area contributed by atoms with Crippen molar-refractivity contribution in [1.29, 1.82) is 0 Å². The molecule has 0 bridgehead atoms. The summed E-state index contributed by atoms with van der Waals surface area (Å²) in [5.41, 5.74) is -0.427. The molecule has 0 fully saturated rings. The number of hydrogen-bond donors (Lipinski definition) is 2. The van der Waals surface area contributed by atoms with Gasteiger partial charge in [-0.3, -0.25) is 9.69 Å². The Balaban J connectivity index is 2.62. The Hall–Kier alpha value is -1.64. The molecule has 1 atom stereocenters. The number of halogens is 3. The fourth-order valence-corrected chi connectivity index (χ4v) is 2.22. The van der Waals surface area contributed by atoms with E-state index in [0.717, 1.165) is 18.6 Å². The third kappa shape index (κ3) is 7.41. The highest BCUT2D eigenvalue weighted by atomic mass is 19.2. The smallest absolute Gasteiger partial charge is 0.238 e. The maximum absolute atomic E-state index is 13.6. The number of carbonyl (C=O) groups is 1. The minimum absolute atomic E-state index is 0.0195. The highest BCUT2D eigenvalue weighted by Crippen LogP contribution is 2.19. The van der Waals surface area contributed by atoms with E-state index in [1.165, 1.54) is 0 Å². The standard InChI is InChI=1S/C17H25F3N2O3/c1-4-7-22(8-12(23)10-25-11(2)3)9-15(24)21-14-6-5-13(18)16(19)17(14)20/h5-6,11-12,23H,4,7-10H2,1-3H3,(H,21,24). The number of nitrogens with zero attached hydrogens (tertiary/aromatic N) is 1. The van der Waals surface area contributed by atoms with E-state index in [2.05, 4.69) is 5.32 Å². The number of aliphatic hydroxyl groups is 1. The van der Waals surface area contributed by atoms with Gasteiger partial charge in [0.05, 0.1) is 31.0 Å². The molecule has 0 aliphatic heterocycles. The zero-order chi connectivity index (χ0) is 19.0. The SMILES string of the molecule is CCCN(CC(=O)Nc1ccc(F)c(F)c1F)CC(O)COC(C)C. The third-order valence-corrected chi connectivity index (χ3v) is 3.31. The maximum Gasteiger partial charge on any atom is 0.238 e. The molecule has 1 aromatic rings. The van der Waals surface area contributed by atoms with Crippen LogP contribution in [0.4, 0.5) is 18.9 Å². The molecule has 2 N–H and O–H groups in total. The van der Waals surface area contributed by atoms with Crippen LogP contribution in [0.5, 0.6) is 0 Å². The van der Waals surface area contributed by atoms with Gasteiger partial charge < -0.3 is 15.2 Å². The van der Waals surface area contributed by atoms with Gasteiger partial charge in [0.15, 0.2) is 17.5 Å². The zero-order valence-corrected chi connectivity index (χ0v) is 14.7. The van der Waals surface area contributed by atoms with Crippen LogP contribution < -0.4 is 5.32 Å². The summed E-state index contributed by atoms with van der Waals surface area (Å²) >= 11 is 0. The molecule has 1 rings (SSSR count). The molecule has 0 aliphatic rings. The molecule has 1 amide bonds. The summed E-state index contributed by atoms with van der Waals surface area (Å²) in [7, 11) is 0. The predicted octanol–water partition coefficient (Wildman–Crippen LogP) is 2.54. The number of nitrogens with one attached hydrogen (secondary N) is 1. The van der Waals surface area contributed by atoms with Gasteiger partial charge in [0.1, 0.15) is 0 Å². The number of aliphatic hydroxyl groups excluding tert-OH is 1. The van der Waals surface area contributed by atoms with E-state index in [4.69, 9.17) is 4.74 Å². The number of ether oxygens (including phenoxy) is 1. The Morgan fingerprint density at radius 3 is 2.56 bits per heavy atom. The van der Waals surface area contributed by atoms with Crippen molar-refractivity contribution in [2.75, 3.05) is 31.6 Å². The molecule has 0 saturated carbocycles. The van der Waals surface area contributed by atoms with Crippen LogP contribution in [0.15, 0.2) is 12.1 Å². The van der Waals surface area contributed by atoms with Crippen molar-refractivity contribution in [1.82, 2.24) is 4.90 Å². The van der Waals surface area contributed by atoms with Crippen molar-refractivity contribution in [3.05, 3.63) is 29.6 Å². The van der Waals surface area contributed by atoms with Crippen molar-refractivity contribution in [3.8, 4) is 0 Å². The van der Waals surface area contributed by atoms with E-state index in [9.17, 15) is 23.1 Å². The van der Waals surface area contributed by atoms with Gasteiger partial charge in [-0.05, 0) is 38.9 Å². The number of carbonyl (C=O) groups excluding carboxylic acids is 1. The van der Waals surface area contributed by atoms with Crippen LogP contribution >= 0.6 is 0 Å². The summed E-state index contributed by atoms with van der Waals surface area (Å²) in [5.74, 6) is -4.99. The molecule has 0 aromatic heterocycles. The van der Waals surface area contributed by atoms with Gasteiger partial charge in [-0.15, -0.1) is 0 Å². The molecule has 1 unspecified atom stereocenters. The lowest BCUT2D eigenvalue weighted by molar-refractivity contribution is -0.117. The van der Waals surface area contributed by atoms with Crippen molar-refractivity contribution in [3.63, 3.8) is 0 Å². The van der Waals surface area contributed by atoms with Gasteiger partial charge in [-0.2, -0.15) is 0 Å². The molecule has 0 radical (unpaired) electrons. The van der Waals surface area contributed by atoms with Gasteiger partial charge >= 0.3 is 0 Å². The summed E-state index contributed by atoms with van der Waals surface area (Å²) in [5, 5.41) is 12.2. The van der Waals surface area contributed by atoms with Gasteiger partial charge in [-0.1, -0.05) is 6.92 Å². The number of hydrogen-bond acceptors (Lipinski definition) is 4. The molecule has 0 aliphatic carbocycles. The van der Waals surface area contributed by atoms with E-state index in [0.29, 0.717) is 6.54 Å². The monoisotopic (exact) mass is 362 g/mol. The molecule has 0 spiro atoms. The van der Waals surface area contributed by atoms with Crippen LogP contribution in [-0.2, 0) is 9.53 Å². The van der Waals surface area contributed by atoms with Crippen LogP contribution in [0.3, 0.4) is 0 Å². The van der Waals surface area contributed by atoms with E-state index < -0.39 is 35.2 Å². The van der Waals surface area contributed by atoms with Gasteiger partial charge in [0.25, 0.3) is 0 Å². The Bertz CT molecular complexity index is 570. The minimum atomic E-state index is -1.63. The van der Waals surface area contributed by atoms with Crippen LogP contribution in [0, 0.1) is 17.5 Å². The Morgan fingerprint density at radius 2 is 1.96 bits per heavy atom. The highest BCUT2D eigenvalue weighted by molar-refractivity contribution is 5.92. The van der Waals surface area contributed by atoms with E-state index >= 15 is 0 Å². The number of rotatable bonds is 10. The van der Waals surface area contributed by atoms with Crippen LogP contribution in [0.2, 0.25) is 0 Å². The zero-order valence-electron chi connectivity index (χ0n) is 14.7. The molecular weight excluding hydrogens is 337 g/mol. The molecule has 5 nitrogen and oxygen atoms in total. The first-order valence-corrected chi connectivity index (χ1v) is 8.19. The van der Waals surface area contributed by atoms with Crippen LogP contribution in [0.1, 0.15) is 27.2 Å². The molecule has 142 valence electrons. The van der Waals surface area contributed by atoms with Gasteiger partial charge in [0.2, 0.25) is 5.91 Å². The van der Waals surface area contributed by atoms with Gasteiger partial charge in [-0.25, -0.2) is 13.2 Å². The Morgan fingerprint density at radius 1 is 1.28 bits per heavy atom. The number of amides is 1. The molecule has 25 heavy (non-hydrogen) atoms. The highest BCUT2D eigenvalue weighted by Gasteiger charge is 2.18. The summed E-state index contributed by atoms with van der Waals surface area (Å²) in [6, 6.07) is 1.70. The summed E-state index contributed by atoms with van der Waals surface area (Å²) in [6.45, 7) is 6.36. The fourth-order valence-electron chi connectivity index (χ4n) is 2.22. The molecular formula is C17H25F3N2O3. The van der Waals surface area contributed by atoms with E-state index in [1.807, 2.05) is 20.8 Å². The second-order valence-electron chi connectivity index (χ2n) is 6.04. The molecule has 8 heteroatoms. The van der Waals surface area contributed by atoms with Gasteiger partial charge in [0, 0.05) is 6.54 Å². The second kappa shape index (κ2) is 10.4. The normalized spacial score (nSPS) is 12.7. The van der Waals surface area contributed by atoms with Crippen LogP contribution in [-0.4, -0.2) is 54.4 Å². The Labute approximate surface area is 145 Å². The van der Waals surface area contributed by atoms with Crippen LogP contribution in [0.25, 0.3) is 0 Å². The first-order chi connectivity index (χ1) is 11.7. The lowest BCUT2D eigenvalue weighted by atomic mass is 10.2. The second-order valence-corrected chi connectivity index (χ2v) is 6.04. The van der Waals surface area contributed by atoms with Crippen molar-refractivity contribution in [2.24, 2.45) is 0 Å². The molecule has 1 aromatic carbocycles. The van der Waals surface area contributed by atoms with E-state index in [-0.39, 0.29) is 25.8 Å². The molecule has 0 heterocycles. The third-order valence-electron chi connectivity index (χ3n) is 3.31. The number of anilines is 1. The largest absolute Gasteiger partial charge is 0.389 e. The lowest BCUT2D eigenvalue weighted by Crippen LogP contribution is -2.40. The predicted molar refractivity (Wildman–Crippen MR) is 88.8 cm³/mol. The van der Waals surface area contributed by atoms with E-state index in [1.54, 1.807) is 4.90 Å². The minimum Gasteiger partial charge on any atom is -0.389 e. The quantitative estimate of drug-likeness (QED) is 0.628.